The highest BCUT2D eigenvalue weighted by Crippen LogP contribution is 2.22. The molecule has 94 valence electrons. The van der Waals surface area contributed by atoms with Crippen LogP contribution in [0.3, 0.4) is 0 Å². The monoisotopic (exact) mass is 233 g/mol. The van der Waals surface area contributed by atoms with Crippen LogP contribution in [0.1, 0.15) is 51.9 Å². The molecule has 0 unspecified atom stereocenters. The van der Waals surface area contributed by atoms with Gasteiger partial charge < -0.3 is 5.32 Å². The Bertz CT molecular complexity index is 390. The zero-order valence-electron chi connectivity index (χ0n) is 11.7. The Morgan fingerprint density at radius 1 is 0.941 bits per heavy atom. The second kappa shape index (κ2) is 4.52. The van der Waals surface area contributed by atoms with E-state index in [1.807, 2.05) is 45.0 Å². The normalized spacial score (nSPS) is 12.4. The van der Waals surface area contributed by atoms with Crippen molar-refractivity contribution in [3.63, 3.8) is 0 Å². The van der Waals surface area contributed by atoms with E-state index in [1.165, 1.54) is 0 Å². The third kappa shape index (κ3) is 4.22. The second-order valence-corrected chi connectivity index (χ2v) is 6.53. The predicted octanol–water partition coefficient (Wildman–Crippen LogP) is 4.13. The summed E-state index contributed by atoms with van der Waals surface area (Å²) in [5, 5.41) is 3.37. The number of hydrogen-bond donors (Lipinski definition) is 1. The maximum Gasteiger partial charge on any atom is 0.168 e. The van der Waals surface area contributed by atoms with Gasteiger partial charge in [0.15, 0.2) is 5.78 Å². The van der Waals surface area contributed by atoms with Crippen molar-refractivity contribution in [3.8, 4) is 0 Å². The van der Waals surface area contributed by atoms with E-state index in [0.29, 0.717) is 0 Å². The van der Waals surface area contributed by atoms with Crippen LogP contribution in [-0.4, -0.2) is 11.3 Å². The molecule has 1 rings (SSSR count). The van der Waals surface area contributed by atoms with Crippen LogP contribution < -0.4 is 5.32 Å². The Morgan fingerprint density at radius 3 is 1.76 bits per heavy atom. The quantitative estimate of drug-likeness (QED) is 0.778. The summed E-state index contributed by atoms with van der Waals surface area (Å²) in [5.41, 5.74) is 1.54. The first kappa shape index (κ1) is 13.8. The second-order valence-electron chi connectivity index (χ2n) is 6.53. The van der Waals surface area contributed by atoms with Crippen LogP contribution in [0.5, 0.6) is 0 Å². The number of hydrogen-bond acceptors (Lipinski definition) is 2. The number of carbonyl (C=O) groups is 1. The molecule has 0 atom stereocenters. The molecule has 0 bridgehead atoms. The molecule has 0 aliphatic rings. The van der Waals surface area contributed by atoms with Gasteiger partial charge in [0.05, 0.1) is 0 Å². The van der Waals surface area contributed by atoms with E-state index in [2.05, 4.69) is 26.1 Å². The topological polar surface area (TPSA) is 29.1 Å². The summed E-state index contributed by atoms with van der Waals surface area (Å²) in [6.07, 6.45) is 0. The number of anilines is 1. The molecule has 0 fully saturated rings. The molecule has 0 aliphatic carbocycles. The molecule has 1 N–H and O–H groups in total. The zero-order valence-corrected chi connectivity index (χ0v) is 11.7. The van der Waals surface area contributed by atoms with E-state index in [1.54, 1.807) is 0 Å². The van der Waals surface area contributed by atoms with Gasteiger partial charge in [-0.25, -0.2) is 0 Å². The van der Waals surface area contributed by atoms with Crippen molar-refractivity contribution < 1.29 is 4.79 Å². The summed E-state index contributed by atoms with van der Waals surface area (Å²) in [6, 6.07) is 7.71. The van der Waals surface area contributed by atoms with Crippen LogP contribution in [-0.2, 0) is 0 Å². The lowest BCUT2D eigenvalue weighted by molar-refractivity contribution is 0.0858. The summed E-state index contributed by atoms with van der Waals surface area (Å²) in [6.45, 7) is 12.2. The van der Waals surface area contributed by atoms with E-state index in [-0.39, 0.29) is 16.7 Å². The lowest BCUT2D eigenvalue weighted by atomic mass is 9.86. The Labute approximate surface area is 104 Å². The molecule has 0 spiro atoms. The molecule has 0 amide bonds. The molecule has 1 aromatic rings. The van der Waals surface area contributed by atoms with Gasteiger partial charge in [-0.1, -0.05) is 20.8 Å². The van der Waals surface area contributed by atoms with Crippen molar-refractivity contribution in [1.29, 1.82) is 0 Å². The standard InChI is InChI=1S/C15H23NO/c1-14(2,3)13(17)11-7-9-12(10-8-11)16-15(4,5)6/h7-10,16H,1-6H3. The van der Waals surface area contributed by atoms with Crippen LogP contribution in [0.2, 0.25) is 0 Å². The van der Waals surface area contributed by atoms with Gasteiger partial charge >= 0.3 is 0 Å². The number of Topliss-reactive ketones (excluding diaryl/α,β-unsaturated/α-hetero) is 1. The predicted molar refractivity (Wildman–Crippen MR) is 73.6 cm³/mol. The molecule has 0 heterocycles. The lowest BCUT2D eigenvalue weighted by Gasteiger charge is -2.22. The van der Waals surface area contributed by atoms with Crippen LogP contribution in [0.15, 0.2) is 24.3 Å². The smallest absolute Gasteiger partial charge is 0.168 e. The summed E-state index contributed by atoms with van der Waals surface area (Å²) in [5.74, 6) is 0.180. The molecule has 0 aromatic heterocycles. The Kier molecular flexibility index (Phi) is 3.65. The molecule has 2 heteroatoms. The number of rotatable bonds is 2. The maximum absolute atomic E-state index is 12.0. The summed E-state index contributed by atoms with van der Waals surface area (Å²) in [7, 11) is 0. The Morgan fingerprint density at radius 2 is 1.41 bits per heavy atom. The van der Waals surface area contributed by atoms with Gasteiger partial charge in [-0.3, -0.25) is 4.79 Å². The first-order valence-electron chi connectivity index (χ1n) is 6.03. The van der Waals surface area contributed by atoms with E-state index < -0.39 is 0 Å². The van der Waals surface area contributed by atoms with Gasteiger partial charge in [0.2, 0.25) is 0 Å². The van der Waals surface area contributed by atoms with E-state index in [4.69, 9.17) is 0 Å². The first-order valence-corrected chi connectivity index (χ1v) is 6.03. The third-order valence-electron chi connectivity index (χ3n) is 2.35. The first-order chi connectivity index (χ1) is 7.59. The largest absolute Gasteiger partial charge is 0.380 e. The van der Waals surface area contributed by atoms with Crippen LogP contribution >= 0.6 is 0 Å². The van der Waals surface area contributed by atoms with Gasteiger partial charge in [0.25, 0.3) is 0 Å². The van der Waals surface area contributed by atoms with Gasteiger partial charge in [-0.15, -0.1) is 0 Å². The number of carbonyl (C=O) groups excluding carboxylic acids is 1. The van der Waals surface area contributed by atoms with Crippen molar-refractivity contribution in [1.82, 2.24) is 0 Å². The average Bonchev–Trinajstić information content (AvgIpc) is 2.14. The summed E-state index contributed by atoms with van der Waals surface area (Å²) < 4.78 is 0. The fourth-order valence-corrected chi connectivity index (χ4v) is 1.57. The van der Waals surface area contributed by atoms with Gasteiger partial charge in [0, 0.05) is 22.2 Å². The zero-order chi connectivity index (χ0) is 13.3. The minimum absolute atomic E-state index is 0.0373. The van der Waals surface area contributed by atoms with E-state index >= 15 is 0 Å². The minimum atomic E-state index is -0.320. The number of nitrogens with one attached hydrogen (secondary N) is 1. The van der Waals surface area contributed by atoms with Crippen molar-refractivity contribution in [2.24, 2.45) is 5.41 Å². The van der Waals surface area contributed by atoms with E-state index in [9.17, 15) is 4.79 Å². The van der Waals surface area contributed by atoms with Crippen molar-refractivity contribution >= 4 is 11.5 Å². The van der Waals surface area contributed by atoms with Crippen molar-refractivity contribution in [2.45, 2.75) is 47.1 Å². The number of benzene rings is 1. The van der Waals surface area contributed by atoms with Crippen molar-refractivity contribution in [2.75, 3.05) is 5.32 Å². The minimum Gasteiger partial charge on any atom is -0.380 e. The molecule has 1 aromatic carbocycles. The van der Waals surface area contributed by atoms with Crippen LogP contribution in [0.4, 0.5) is 5.69 Å². The lowest BCUT2D eigenvalue weighted by Crippen LogP contribution is -2.26. The molecular formula is C15H23NO. The van der Waals surface area contributed by atoms with Crippen LogP contribution in [0, 0.1) is 5.41 Å². The average molecular weight is 233 g/mol. The number of ketones is 1. The van der Waals surface area contributed by atoms with Gasteiger partial charge in [0.1, 0.15) is 0 Å². The third-order valence-corrected chi connectivity index (χ3v) is 2.35. The van der Waals surface area contributed by atoms with Crippen LogP contribution in [0.25, 0.3) is 0 Å². The molecule has 0 saturated carbocycles. The highest BCUT2D eigenvalue weighted by molar-refractivity contribution is 6.00. The summed E-state index contributed by atoms with van der Waals surface area (Å²) in [4.78, 5) is 12.0. The fourth-order valence-electron chi connectivity index (χ4n) is 1.57. The van der Waals surface area contributed by atoms with Gasteiger partial charge in [-0.2, -0.15) is 0 Å². The van der Waals surface area contributed by atoms with Gasteiger partial charge in [-0.05, 0) is 45.0 Å². The van der Waals surface area contributed by atoms with Crippen molar-refractivity contribution in [3.05, 3.63) is 29.8 Å². The maximum atomic E-state index is 12.0. The fraction of sp³-hybridized carbons (Fsp3) is 0.533. The van der Waals surface area contributed by atoms with E-state index in [0.717, 1.165) is 11.3 Å². The molecule has 17 heavy (non-hydrogen) atoms. The highest BCUT2D eigenvalue weighted by atomic mass is 16.1. The molecular weight excluding hydrogens is 210 g/mol. The Balaban J connectivity index is 2.86. The Hall–Kier alpha value is -1.31. The molecule has 0 saturated heterocycles. The highest BCUT2D eigenvalue weighted by Gasteiger charge is 2.22. The molecule has 0 radical (unpaired) electrons. The molecule has 2 nitrogen and oxygen atoms in total. The SMILES string of the molecule is CC(C)(C)Nc1ccc(C(=O)C(C)(C)C)cc1. The molecule has 0 aliphatic heterocycles. The summed E-state index contributed by atoms with van der Waals surface area (Å²) >= 11 is 0.